The van der Waals surface area contributed by atoms with Crippen LogP contribution in [0.25, 0.3) is 10.8 Å². The zero-order valence-electron chi connectivity index (χ0n) is 19.5. The molecule has 0 heterocycles. The molecule has 0 aliphatic carbocycles. The largest absolute Gasteiger partial charge is 0.506 e. The Morgan fingerprint density at radius 2 is 1.40 bits per heavy atom. The molecule has 0 bridgehead atoms. The summed E-state index contributed by atoms with van der Waals surface area (Å²) in [5, 5.41) is 21.8. The highest BCUT2D eigenvalue weighted by atomic mass is 16.3. The molecule has 3 nitrogen and oxygen atoms in total. The van der Waals surface area contributed by atoms with Gasteiger partial charge in [0.15, 0.2) is 0 Å². The van der Waals surface area contributed by atoms with Gasteiger partial charge in [-0.05, 0) is 44.9 Å². The van der Waals surface area contributed by atoms with Crippen LogP contribution in [-0.4, -0.2) is 5.11 Å². The Morgan fingerprint density at radius 1 is 0.767 bits per heavy atom. The van der Waals surface area contributed by atoms with Gasteiger partial charge in [-0.15, -0.1) is 10.2 Å². The highest BCUT2D eigenvalue weighted by Crippen LogP contribution is 2.43. The Hall–Kier alpha value is -2.68. The molecule has 0 aromatic heterocycles. The normalized spacial score (nSPS) is 13.0. The number of hydrogen-bond acceptors (Lipinski definition) is 3. The molecule has 0 saturated heterocycles. The lowest BCUT2D eigenvalue weighted by atomic mass is 9.77. The van der Waals surface area contributed by atoms with Crippen molar-refractivity contribution in [3.8, 4) is 5.75 Å². The summed E-state index contributed by atoms with van der Waals surface area (Å²) in [5.41, 5.74) is 5.08. The third-order valence-electron chi connectivity index (χ3n) is 5.56. The maximum absolute atomic E-state index is 10.5. The molecule has 30 heavy (non-hydrogen) atoms. The number of nitrogens with zero attached hydrogens (tertiary/aromatic N) is 2. The molecule has 3 aromatic carbocycles. The topological polar surface area (TPSA) is 45.0 Å². The van der Waals surface area contributed by atoms with Crippen molar-refractivity contribution in [2.75, 3.05) is 0 Å². The molecule has 3 heteroatoms. The Labute approximate surface area is 180 Å². The zero-order chi connectivity index (χ0) is 22.3. The van der Waals surface area contributed by atoms with E-state index in [9.17, 15) is 5.11 Å². The van der Waals surface area contributed by atoms with Crippen LogP contribution in [0.3, 0.4) is 0 Å². The van der Waals surface area contributed by atoms with Crippen LogP contribution in [0.15, 0.2) is 58.8 Å². The van der Waals surface area contributed by atoms with Gasteiger partial charge in [-0.1, -0.05) is 97.9 Å². The van der Waals surface area contributed by atoms with Gasteiger partial charge in [0.25, 0.3) is 0 Å². The predicted molar refractivity (Wildman–Crippen MR) is 128 cm³/mol. The van der Waals surface area contributed by atoms with E-state index in [1.165, 1.54) is 16.7 Å². The Kier molecular flexibility index (Phi) is 5.77. The van der Waals surface area contributed by atoms with E-state index < -0.39 is 0 Å². The lowest BCUT2D eigenvalue weighted by molar-refractivity contribution is 0.477. The summed E-state index contributed by atoms with van der Waals surface area (Å²) in [5.74, 6) is 0.454. The van der Waals surface area contributed by atoms with Gasteiger partial charge in [-0.3, -0.25) is 0 Å². The van der Waals surface area contributed by atoms with Crippen LogP contribution in [0.5, 0.6) is 5.75 Å². The van der Waals surface area contributed by atoms with Crippen LogP contribution >= 0.6 is 0 Å². The van der Waals surface area contributed by atoms with Crippen molar-refractivity contribution < 1.29 is 5.11 Å². The van der Waals surface area contributed by atoms with Crippen LogP contribution in [0, 0.1) is 0 Å². The molecule has 0 unspecified atom stereocenters. The maximum atomic E-state index is 10.5. The molecule has 3 rings (SSSR count). The Bertz CT molecular complexity index is 1100. The second kappa shape index (κ2) is 7.86. The van der Waals surface area contributed by atoms with E-state index >= 15 is 0 Å². The number of phenols is 1. The molecule has 3 aromatic rings. The molecular weight excluding hydrogens is 368 g/mol. The third kappa shape index (κ3) is 4.40. The Balaban J connectivity index is 2.27. The molecule has 0 aliphatic rings. The van der Waals surface area contributed by atoms with Gasteiger partial charge in [0.2, 0.25) is 0 Å². The number of azo groups is 1. The third-order valence-corrected chi connectivity index (χ3v) is 5.56. The maximum Gasteiger partial charge on any atom is 0.143 e. The average Bonchev–Trinajstić information content (AvgIpc) is 2.65. The monoisotopic (exact) mass is 402 g/mol. The van der Waals surface area contributed by atoms with Gasteiger partial charge < -0.3 is 5.11 Å². The molecule has 0 aliphatic heterocycles. The fourth-order valence-electron chi connectivity index (χ4n) is 3.66. The first-order valence-electron chi connectivity index (χ1n) is 10.7. The van der Waals surface area contributed by atoms with Gasteiger partial charge in [-0.25, -0.2) is 0 Å². The number of hydrogen-bond donors (Lipinski definition) is 1. The number of phenolic OH excluding ortho intramolecular Hbond substituents is 1. The second-order valence-electron chi connectivity index (χ2n) is 10.5. The van der Waals surface area contributed by atoms with Crippen molar-refractivity contribution in [1.82, 2.24) is 0 Å². The number of rotatable bonds is 3. The summed E-state index contributed by atoms with van der Waals surface area (Å²) in [6.07, 6.45) is 0. The van der Waals surface area contributed by atoms with Gasteiger partial charge >= 0.3 is 0 Å². The van der Waals surface area contributed by atoms with E-state index in [1.807, 2.05) is 30.3 Å². The summed E-state index contributed by atoms with van der Waals surface area (Å²) >= 11 is 0. The van der Waals surface area contributed by atoms with Gasteiger partial charge in [-0.2, -0.15) is 0 Å². The van der Waals surface area contributed by atoms with Crippen molar-refractivity contribution in [1.29, 1.82) is 0 Å². The molecule has 1 N–H and O–H groups in total. The molecule has 0 fully saturated rings. The van der Waals surface area contributed by atoms with Crippen molar-refractivity contribution in [2.45, 2.75) is 72.1 Å². The highest BCUT2D eigenvalue weighted by Gasteiger charge is 2.26. The van der Waals surface area contributed by atoms with Crippen LogP contribution in [0.4, 0.5) is 11.4 Å². The number of fused-ring (bicyclic) bond motifs is 1. The molecule has 0 saturated carbocycles. The van der Waals surface area contributed by atoms with Gasteiger partial charge in [0.05, 0.1) is 5.69 Å². The van der Waals surface area contributed by atoms with Crippen LogP contribution in [0.2, 0.25) is 0 Å². The van der Waals surface area contributed by atoms with Crippen molar-refractivity contribution in [3.63, 3.8) is 0 Å². The minimum atomic E-state index is -0.0833. The van der Waals surface area contributed by atoms with Crippen LogP contribution in [0.1, 0.15) is 78.0 Å². The Morgan fingerprint density at radius 3 is 2.00 bits per heavy atom. The minimum Gasteiger partial charge on any atom is -0.506 e. The lowest BCUT2D eigenvalue weighted by Crippen LogP contribution is -2.17. The van der Waals surface area contributed by atoms with E-state index in [1.54, 1.807) is 6.07 Å². The van der Waals surface area contributed by atoms with Crippen molar-refractivity contribution >= 4 is 22.1 Å². The first-order chi connectivity index (χ1) is 13.9. The summed E-state index contributed by atoms with van der Waals surface area (Å²) < 4.78 is 0. The van der Waals surface area contributed by atoms with Crippen LogP contribution in [-0.2, 0) is 10.8 Å². The quantitative estimate of drug-likeness (QED) is 0.437. The van der Waals surface area contributed by atoms with Gasteiger partial charge in [0, 0.05) is 5.39 Å². The van der Waals surface area contributed by atoms with E-state index in [0.717, 1.165) is 16.5 Å². The van der Waals surface area contributed by atoms with Crippen molar-refractivity contribution in [2.24, 2.45) is 10.2 Å². The lowest BCUT2D eigenvalue weighted by Gasteiger charge is -2.28. The van der Waals surface area contributed by atoms with E-state index in [0.29, 0.717) is 11.6 Å². The average molecular weight is 403 g/mol. The fraction of sp³-hybridized carbons (Fsp3) is 0.407. The zero-order valence-corrected chi connectivity index (χ0v) is 19.5. The predicted octanol–water partition coefficient (Wildman–Crippen LogP) is 8.68. The molecular formula is C27H34N2O. The highest BCUT2D eigenvalue weighted by molar-refractivity contribution is 5.95. The second-order valence-corrected chi connectivity index (χ2v) is 10.5. The molecule has 0 radical (unpaired) electrons. The van der Waals surface area contributed by atoms with Gasteiger partial charge in [0.1, 0.15) is 11.4 Å². The smallest absolute Gasteiger partial charge is 0.143 e. The van der Waals surface area contributed by atoms with Crippen LogP contribution < -0.4 is 0 Å². The molecule has 158 valence electrons. The summed E-state index contributed by atoms with van der Waals surface area (Å²) in [6, 6.07) is 16.1. The number of benzene rings is 3. The summed E-state index contributed by atoms with van der Waals surface area (Å²) in [7, 11) is 0. The molecule has 0 spiro atoms. The summed E-state index contributed by atoms with van der Waals surface area (Å²) in [4.78, 5) is 0. The van der Waals surface area contributed by atoms with E-state index in [2.05, 4.69) is 72.6 Å². The standard InChI is InChI=1S/C27H34N2O/c1-17(2)21-15-19(26(3,4)5)16-22(27(6,7)8)24(21)28-29-25-20-12-10-9-11-18(20)13-14-23(25)30/h9-17,30H,1-8H3/b29-28+. The van der Waals surface area contributed by atoms with E-state index in [4.69, 9.17) is 5.11 Å². The summed E-state index contributed by atoms with van der Waals surface area (Å²) in [6.45, 7) is 17.8. The SMILES string of the molecule is CC(C)c1cc(C(C)(C)C)cc(C(C)(C)C)c1/N=N/c1c(O)ccc2ccccc12. The van der Waals surface area contributed by atoms with E-state index in [-0.39, 0.29) is 16.6 Å². The fourth-order valence-corrected chi connectivity index (χ4v) is 3.66. The minimum absolute atomic E-state index is 0.0488. The first-order valence-corrected chi connectivity index (χ1v) is 10.7. The molecule has 0 amide bonds. The first kappa shape index (κ1) is 22.0. The number of aromatic hydroxyl groups is 1. The van der Waals surface area contributed by atoms with Crippen molar-refractivity contribution in [3.05, 3.63) is 65.2 Å². The molecule has 0 atom stereocenters.